The second kappa shape index (κ2) is 29.9. The lowest BCUT2D eigenvalue weighted by Crippen LogP contribution is -2.07. The van der Waals surface area contributed by atoms with E-state index in [4.69, 9.17) is 15.1 Å². The van der Waals surface area contributed by atoms with Crippen molar-refractivity contribution in [2.24, 2.45) is 0 Å². The van der Waals surface area contributed by atoms with Crippen LogP contribution in [0, 0.1) is 0 Å². The Balaban J connectivity index is -0.00000000450. The summed E-state index contributed by atoms with van der Waals surface area (Å²) in [7, 11) is -2.17. The topological polar surface area (TPSA) is 60.7 Å². The van der Waals surface area contributed by atoms with Gasteiger partial charge in [0, 0.05) is 0 Å². The van der Waals surface area contributed by atoms with E-state index in [-0.39, 0.29) is 120 Å². The average molecular weight is 701 g/mol. The molecule has 0 rings (SSSR count). The van der Waals surface area contributed by atoms with E-state index in [2.05, 4.69) is 0 Å². The fourth-order valence-electron chi connectivity index (χ4n) is 0. The molecule has 0 unspecified atom stereocenters. The van der Waals surface area contributed by atoms with Crippen LogP contribution in [0.3, 0.4) is 0 Å². The van der Waals surface area contributed by atoms with Crippen LogP contribution in [0.4, 0.5) is 0 Å². The molecule has 0 bridgehead atoms. The molecule has 0 atom stereocenters. The van der Waals surface area contributed by atoms with Crippen LogP contribution in [0.25, 0.3) is 0 Å². The molecule has 0 saturated heterocycles. The zero-order valence-electron chi connectivity index (χ0n) is 3.96. The van der Waals surface area contributed by atoms with E-state index < -0.39 is 7.32 Å². The molecule has 9 heteroatoms. The molecule has 3 nitrogen and oxygen atoms in total. The first-order valence-corrected chi connectivity index (χ1v) is 0.775. The molecule has 0 aromatic carbocycles. The monoisotopic (exact) mass is 702 g/mol. The molecule has 0 aliphatic heterocycles. The van der Waals surface area contributed by atoms with Crippen LogP contribution in [0.2, 0.25) is 0 Å². The second-order valence-corrected chi connectivity index (χ2v) is 0.346. The van der Waals surface area contributed by atoms with Gasteiger partial charge in [0.25, 0.3) is 0 Å². The number of rotatable bonds is 0. The van der Waals surface area contributed by atoms with E-state index in [9.17, 15) is 0 Å². The zero-order valence-corrected chi connectivity index (χ0v) is 15.6. The normalized spacial score (nSPS) is 3.00. The maximum atomic E-state index is 7.17. The van der Waals surface area contributed by atoms with Gasteiger partial charge in [-0.25, -0.2) is 0 Å². The third-order valence-electron chi connectivity index (χ3n) is 0. The van der Waals surface area contributed by atoms with Gasteiger partial charge in [-0.15, -0.1) is 120 Å². The lowest BCUT2D eigenvalue weighted by Gasteiger charge is -1.69. The standard InChI is InChI=1S/BH3O3.5HI/c2-1(3)4;;;;;/h2-4H;5*1H. The molecular weight excluding hydrogens is 693 g/mol. The first-order chi connectivity index (χ1) is 1.73. The predicted octanol–water partition coefficient (Wildman–Crippen LogP) is 1.04. The number of hydrogen-bond acceptors (Lipinski definition) is 3. The van der Waals surface area contributed by atoms with Gasteiger partial charge in [-0.05, 0) is 0 Å². The summed E-state index contributed by atoms with van der Waals surface area (Å²) >= 11 is 0. The highest BCUT2D eigenvalue weighted by Gasteiger charge is 1.92. The predicted molar refractivity (Wildman–Crippen MR) is 89.5 cm³/mol. The third kappa shape index (κ3) is 82.6. The quantitative estimate of drug-likeness (QED) is 0.262. The van der Waals surface area contributed by atoms with Crippen LogP contribution in [-0.4, -0.2) is 22.4 Å². The van der Waals surface area contributed by atoms with Crippen molar-refractivity contribution >= 4 is 127 Å². The minimum absolute atomic E-state index is 0. The largest absolute Gasteiger partial charge is 0.631 e. The molecule has 0 aliphatic rings. The highest BCUT2D eigenvalue weighted by Crippen LogP contribution is 1.40. The molecule has 0 aromatic heterocycles. The van der Waals surface area contributed by atoms with E-state index in [0.29, 0.717) is 0 Å². The average Bonchev–Trinajstić information content (AvgIpc) is 0.811. The Bertz CT molecular complexity index is 16.9. The Morgan fingerprint density at radius 1 is 0.556 bits per heavy atom. The van der Waals surface area contributed by atoms with E-state index >= 15 is 0 Å². The highest BCUT2D eigenvalue weighted by molar-refractivity contribution is 14.0. The highest BCUT2D eigenvalue weighted by atomic mass is 127. The van der Waals surface area contributed by atoms with Gasteiger partial charge in [-0.3, -0.25) is 0 Å². The zero-order chi connectivity index (χ0) is 3.58. The molecule has 0 aliphatic carbocycles. The summed E-state index contributed by atoms with van der Waals surface area (Å²) in [6.07, 6.45) is 0. The van der Waals surface area contributed by atoms with E-state index in [1.807, 2.05) is 0 Å². The van der Waals surface area contributed by atoms with Crippen LogP contribution in [0.15, 0.2) is 0 Å². The van der Waals surface area contributed by atoms with Crippen molar-refractivity contribution < 1.29 is 15.1 Å². The second-order valence-electron chi connectivity index (χ2n) is 0.346. The van der Waals surface area contributed by atoms with Crippen molar-refractivity contribution in [1.82, 2.24) is 0 Å². The van der Waals surface area contributed by atoms with Crippen LogP contribution in [0.1, 0.15) is 0 Å². The fraction of sp³-hybridized carbons (Fsp3) is 0. The third-order valence-corrected chi connectivity index (χ3v) is 0. The Labute approximate surface area is 139 Å². The molecule has 0 radical (unpaired) electrons. The van der Waals surface area contributed by atoms with Crippen molar-refractivity contribution in [2.45, 2.75) is 0 Å². The van der Waals surface area contributed by atoms with Crippen molar-refractivity contribution in [1.29, 1.82) is 0 Å². The molecule has 0 spiro atoms. The molecule has 0 fully saturated rings. The van der Waals surface area contributed by atoms with E-state index in [1.54, 1.807) is 0 Å². The molecule has 0 aromatic rings. The summed E-state index contributed by atoms with van der Waals surface area (Å²) in [5.74, 6) is 0. The molecule has 0 saturated carbocycles. The summed E-state index contributed by atoms with van der Waals surface area (Å²) in [6.45, 7) is 0. The van der Waals surface area contributed by atoms with Crippen molar-refractivity contribution in [3.63, 3.8) is 0 Å². The van der Waals surface area contributed by atoms with Gasteiger partial charge in [-0.2, -0.15) is 0 Å². The van der Waals surface area contributed by atoms with Gasteiger partial charge in [0.05, 0.1) is 0 Å². The number of hydrogen-bond donors (Lipinski definition) is 3. The van der Waals surface area contributed by atoms with Crippen molar-refractivity contribution in [3.05, 3.63) is 0 Å². The maximum absolute atomic E-state index is 7.17. The first-order valence-electron chi connectivity index (χ1n) is 0.775. The summed E-state index contributed by atoms with van der Waals surface area (Å²) < 4.78 is 0. The van der Waals surface area contributed by atoms with Crippen LogP contribution < -0.4 is 0 Å². The van der Waals surface area contributed by atoms with E-state index in [1.165, 1.54) is 0 Å². The van der Waals surface area contributed by atoms with Gasteiger partial charge >= 0.3 is 7.32 Å². The molecule has 9 heavy (non-hydrogen) atoms. The van der Waals surface area contributed by atoms with Crippen molar-refractivity contribution in [2.75, 3.05) is 0 Å². The smallest absolute Gasteiger partial charge is 0.402 e. The summed E-state index contributed by atoms with van der Waals surface area (Å²) in [5.41, 5.74) is 0. The lowest BCUT2D eigenvalue weighted by atomic mass is 10.3. The Morgan fingerprint density at radius 3 is 0.556 bits per heavy atom. The Hall–Kier alpha value is 3.59. The number of halogens is 5. The van der Waals surface area contributed by atoms with Crippen LogP contribution >= 0.6 is 120 Å². The summed E-state index contributed by atoms with van der Waals surface area (Å²) in [6, 6.07) is 0. The van der Waals surface area contributed by atoms with Gasteiger partial charge < -0.3 is 15.1 Å². The molecule has 3 N–H and O–H groups in total. The molecule has 0 heterocycles. The Morgan fingerprint density at radius 2 is 0.556 bits per heavy atom. The summed E-state index contributed by atoms with van der Waals surface area (Å²) in [4.78, 5) is 0. The van der Waals surface area contributed by atoms with Gasteiger partial charge in [0.15, 0.2) is 0 Å². The van der Waals surface area contributed by atoms with Gasteiger partial charge in [0.2, 0.25) is 0 Å². The Kier molecular flexibility index (Phi) is 129. The summed E-state index contributed by atoms with van der Waals surface area (Å²) in [5, 5.41) is 21.5. The van der Waals surface area contributed by atoms with Crippen LogP contribution in [-0.2, 0) is 0 Å². The van der Waals surface area contributed by atoms with Crippen molar-refractivity contribution in [3.8, 4) is 0 Å². The molecular formula is H8BI5O3. The lowest BCUT2D eigenvalue weighted by molar-refractivity contribution is 0.278. The molecule has 0 amide bonds. The first kappa shape index (κ1) is 38.9. The van der Waals surface area contributed by atoms with E-state index in [0.717, 1.165) is 0 Å². The molecule has 64 valence electrons. The minimum atomic E-state index is -2.17. The van der Waals surface area contributed by atoms with Gasteiger partial charge in [0.1, 0.15) is 0 Å². The van der Waals surface area contributed by atoms with Gasteiger partial charge in [-0.1, -0.05) is 0 Å². The fourth-order valence-corrected chi connectivity index (χ4v) is 0. The van der Waals surface area contributed by atoms with Crippen LogP contribution in [0.5, 0.6) is 0 Å². The minimum Gasteiger partial charge on any atom is -0.402 e. The maximum Gasteiger partial charge on any atom is 0.631 e. The SMILES string of the molecule is I.I.I.I.I.OB(O)O.